The Kier molecular flexibility index (Phi) is 6.24. The van der Waals surface area contributed by atoms with Crippen LogP contribution in [-0.4, -0.2) is 38.9 Å². The minimum atomic E-state index is -0.244. The van der Waals surface area contributed by atoms with E-state index in [1.54, 1.807) is 54.9 Å². The van der Waals surface area contributed by atoms with Crippen molar-refractivity contribution >= 4 is 23.2 Å². The average Bonchev–Trinajstić information content (AvgIpc) is 2.88. The summed E-state index contributed by atoms with van der Waals surface area (Å²) in [6.45, 7) is 1.04. The fourth-order valence-electron chi connectivity index (χ4n) is 4.19. The zero-order chi connectivity index (χ0) is 24.2. The normalized spacial score (nSPS) is 12.3. The topological polar surface area (TPSA) is 92.3 Å². The smallest absolute Gasteiger partial charge is 0.238 e. The Morgan fingerprint density at radius 1 is 0.686 bits per heavy atom. The number of carbonyl (C=O) groups is 3. The van der Waals surface area contributed by atoms with Crippen LogP contribution in [0.3, 0.4) is 0 Å². The van der Waals surface area contributed by atoms with Crippen LogP contribution in [0.2, 0.25) is 0 Å². The fraction of sp³-hybridized carbons (Fsp3) is 0.107. The molecule has 0 radical (unpaired) electrons. The van der Waals surface area contributed by atoms with E-state index in [2.05, 4.69) is 15.3 Å². The zero-order valence-electron chi connectivity index (χ0n) is 18.8. The maximum atomic E-state index is 13.0. The molecule has 1 aliphatic carbocycles. The lowest BCUT2D eigenvalue weighted by Gasteiger charge is -2.22. The molecular formula is C28H22N4O3. The Bertz CT molecular complexity index is 1360. The van der Waals surface area contributed by atoms with Crippen molar-refractivity contribution in [2.24, 2.45) is 0 Å². The number of hydrogen-bond acceptors (Lipinski definition) is 6. The van der Waals surface area contributed by atoms with Crippen molar-refractivity contribution in [3.63, 3.8) is 0 Å². The fourth-order valence-corrected chi connectivity index (χ4v) is 4.19. The van der Waals surface area contributed by atoms with Gasteiger partial charge < -0.3 is 5.32 Å². The van der Waals surface area contributed by atoms with E-state index in [0.29, 0.717) is 41.0 Å². The van der Waals surface area contributed by atoms with E-state index < -0.39 is 0 Å². The molecule has 172 valence electrons. The molecule has 0 unspecified atom stereocenters. The van der Waals surface area contributed by atoms with Crippen molar-refractivity contribution in [1.29, 1.82) is 0 Å². The van der Waals surface area contributed by atoms with Gasteiger partial charge in [0.25, 0.3) is 0 Å². The van der Waals surface area contributed by atoms with Crippen LogP contribution in [-0.2, 0) is 17.9 Å². The summed E-state index contributed by atoms with van der Waals surface area (Å²) in [6, 6.07) is 22.9. The number of nitrogens with one attached hydrogen (secondary N) is 1. The van der Waals surface area contributed by atoms with Gasteiger partial charge in [0.15, 0.2) is 11.6 Å². The minimum absolute atomic E-state index is 0.0972. The largest absolute Gasteiger partial charge is 0.325 e. The predicted molar refractivity (Wildman–Crippen MR) is 131 cm³/mol. The van der Waals surface area contributed by atoms with E-state index in [4.69, 9.17) is 0 Å². The Hall–Kier alpha value is -4.49. The van der Waals surface area contributed by atoms with Gasteiger partial charge in [0, 0.05) is 53.4 Å². The van der Waals surface area contributed by atoms with Crippen LogP contribution in [0.5, 0.6) is 0 Å². The van der Waals surface area contributed by atoms with Gasteiger partial charge in [0.2, 0.25) is 5.91 Å². The summed E-state index contributed by atoms with van der Waals surface area (Å²) in [4.78, 5) is 49.5. The van der Waals surface area contributed by atoms with E-state index in [0.717, 1.165) is 11.4 Å². The summed E-state index contributed by atoms with van der Waals surface area (Å²) in [5, 5.41) is 2.87. The molecule has 0 bridgehead atoms. The predicted octanol–water partition coefficient (Wildman–Crippen LogP) is 3.89. The summed E-state index contributed by atoms with van der Waals surface area (Å²) in [7, 11) is 0. The molecule has 5 rings (SSSR count). The van der Waals surface area contributed by atoms with Gasteiger partial charge in [0.1, 0.15) is 0 Å². The first-order chi connectivity index (χ1) is 17.1. The second-order valence-corrected chi connectivity index (χ2v) is 8.30. The van der Waals surface area contributed by atoms with Gasteiger partial charge in [-0.05, 0) is 42.5 Å². The molecule has 1 amide bonds. The van der Waals surface area contributed by atoms with Crippen LogP contribution in [0.15, 0.2) is 91.3 Å². The summed E-state index contributed by atoms with van der Waals surface area (Å²) in [6.07, 6.45) is 3.44. The van der Waals surface area contributed by atoms with Crippen LogP contribution >= 0.6 is 0 Å². The SMILES string of the molecule is O=C(CN(Cc1ccccn1)Cc1ccccn1)Nc1ccc2c(c1)C(=O)c1ccccc1C2=O. The van der Waals surface area contributed by atoms with E-state index in [1.165, 1.54) is 0 Å². The first-order valence-corrected chi connectivity index (χ1v) is 11.2. The zero-order valence-corrected chi connectivity index (χ0v) is 18.8. The minimum Gasteiger partial charge on any atom is -0.325 e. The van der Waals surface area contributed by atoms with Gasteiger partial charge in [-0.2, -0.15) is 0 Å². The Morgan fingerprint density at radius 3 is 1.80 bits per heavy atom. The molecule has 7 nitrogen and oxygen atoms in total. The molecule has 7 heteroatoms. The number of rotatable bonds is 7. The number of benzene rings is 2. The lowest BCUT2D eigenvalue weighted by Crippen LogP contribution is -2.33. The average molecular weight is 463 g/mol. The Balaban J connectivity index is 1.33. The third-order valence-corrected chi connectivity index (χ3v) is 5.80. The molecule has 2 aromatic carbocycles. The number of carbonyl (C=O) groups excluding carboxylic acids is 3. The van der Waals surface area contributed by atoms with Gasteiger partial charge >= 0.3 is 0 Å². The number of hydrogen-bond donors (Lipinski definition) is 1. The highest BCUT2D eigenvalue weighted by atomic mass is 16.2. The van der Waals surface area contributed by atoms with Crippen LogP contribution in [0.25, 0.3) is 0 Å². The summed E-state index contributed by atoms with van der Waals surface area (Å²) < 4.78 is 0. The van der Waals surface area contributed by atoms with Gasteiger partial charge in [-0.15, -0.1) is 0 Å². The number of pyridine rings is 2. The highest BCUT2D eigenvalue weighted by Crippen LogP contribution is 2.29. The maximum Gasteiger partial charge on any atom is 0.238 e. The standard InChI is InChI=1S/C28H22N4O3/c33-26(18-32(16-20-7-3-5-13-29-20)17-21-8-4-6-14-30-21)31-19-11-12-24-25(15-19)28(35)23-10-2-1-9-22(23)27(24)34/h1-15H,16-18H2,(H,31,33). The number of ketones is 2. The highest BCUT2D eigenvalue weighted by Gasteiger charge is 2.29. The van der Waals surface area contributed by atoms with Crippen molar-refractivity contribution in [2.75, 3.05) is 11.9 Å². The van der Waals surface area contributed by atoms with Crippen molar-refractivity contribution in [1.82, 2.24) is 14.9 Å². The maximum absolute atomic E-state index is 13.0. The van der Waals surface area contributed by atoms with Crippen molar-refractivity contribution in [3.8, 4) is 0 Å². The van der Waals surface area contributed by atoms with Gasteiger partial charge in [-0.1, -0.05) is 36.4 Å². The van der Waals surface area contributed by atoms with E-state index in [1.807, 2.05) is 41.3 Å². The molecule has 0 saturated heterocycles. The number of aromatic nitrogens is 2. The van der Waals surface area contributed by atoms with Crippen LogP contribution in [0.1, 0.15) is 43.2 Å². The molecule has 0 aliphatic heterocycles. The second kappa shape index (κ2) is 9.79. The molecule has 1 N–H and O–H groups in total. The molecule has 35 heavy (non-hydrogen) atoms. The quantitative estimate of drug-likeness (QED) is 0.395. The monoisotopic (exact) mass is 462 g/mol. The second-order valence-electron chi connectivity index (χ2n) is 8.30. The van der Waals surface area contributed by atoms with Crippen LogP contribution in [0, 0.1) is 0 Å². The van der Waals surface area contributed by atoms with Crippen molar-refractivity contribution in [3.05, 3.63) is 125 Å². The summed E-state index contributed by atoms with van der Waals surface area (Å²) in [5.41, 5.74) is 3.57. The van der Waals surface area contributed by atoms with Crippen molar-refractivity contribution in [2.45, 2.75) is 13.1 Å². The molecule has 0 spiro atoms. The van der Waals surface area contributed by atoms with E-state index >= 15 is 0 Å². The van der Waals surface area contributed by atoms with Gasteiger partial charge in [-0.25, -0.2) is 0 Å². The first kappa shape index (κ1) is 22.3. The molecule has 2 heterocycles. The molecular weight excluding hydrogens is 440 g/mol. The molecule has 1 aliphatic rings. The van der Waals surface area contributed by atoms with Crippen molar-refractivity contribution < 1.29 is 14.4 Å². The lowest BCUT2D eigenvalue weighted by molar-refractivity contribution is -0.117. The number of amides is 1. The molecule has 2 aromatic heterocycles. The van der Waals surface area contributed by atoms with E-state index in [-0.39, 0.29) is 24.0 Å². The number of anilines is 1. The lowest BCUT2D eigenvalue weighted by atomic mass is 9.84. The third-order valence-electron chi connectivity index (χ3n) is 5.80. The van der Waals surface area contributed by atoms with Crippen LogP contribution in [0.4, 0.5) is 5.69 Å². The number of fused-ring (bicyclic) bond motifs is 2. The summed E-state index contributed by atoms with van der Waals surface area (Å²) in [5.74, 6) is -0.657. The summed E-state index contributed by atoms with van der Waals surface area (Å²) >= 11 is 0. The molecule has 4 aromatic rings. The Morgan fingerprint density at radius 2 is 1.23 bits per heavy atom. The molecule has 0 saturated carbocycles. The third kappa shape index (κ3) is 4.90. The van der Waals surface area contributed by atoms with Gasteiger partial charge in [-0.3, -0.25) is 29.3 Å². The van der Waals surface area contributed by atoms with Gasteiger partial charge in [0.05, 0.1) is 17.9 Å². The van der Waals surface area contributed by atoms with Crippen LogP contribution < -0.4 is 5.32 Å². The highest BCUT2D eigenvalue weighted by molar-refractivity contribution is 6.28. The molecule has 0 fully saturated rings. The Labute approximate surface area is 202 Å². The first-order valence-electron chi connectivity index (χ1n) is 11.2. The molecule has 0 atom stereocenters. The number of nitrogens with zero attached hydrogens (tertiary/aromatic N) is 3. The van der Waals surface area contributed by atoms with E-state index in [9.17, 15) is 14.4 Å².